The van der Waals surface area contributed by atoms with Gasteiger partial charge in [0.2, 0.25) is 0 Å². The Morgan fingerprint density at radius 3 is 2.73 bits per heavy atom. The first-order valence-corrected chi connectivity index (χ1v) is 12.3. The van der Waals surface area contributed by atoms with E-state index in [1.54, 1.807) is 25.1 Å². The van der Waals surface area contributed by atoms with Gasteiger partial charge in [-0.15, -0.1) is 5.73 Å². The number of hydrogen-bond donors (Lipinski definition) is 2. The largest absolute Gasteiger partial charge is 0.450 e. The van der Waals surface area contributed by atoms with Crippen LogP contribution in [0.1, 0.15) is 44.5 Å². The van der Waals surface area contributed by atoms with Crippen molar-refractivity contribution in [2.24, 2.45) is 0 Å². The van der Waals surface area contributed by atoms with E-state index >= 15 is 0 Å². The Labute approximate surface area is 218 Å². The molecule has 0 unspecified atom stereocenters. The van der Waals surface area contributed by atoms with Gasteiger partial charge in [0.25, 0.3) is 0 Å². The lowest BCUT2D eigenvalue weighted by molar-refractivity contribution is 0.149. The second kappa shape index (κ2) is 13.2. The first-order valence-electron chi connectivity index (χ1n) is 12.3. The average Bonchev–Trinajstić information content (AvgIpc) is 3.10. The minimum atomic E-state index is -0.486. The van der Waals surface area contributed by atoms with E-state index in [0.717, 1.165) is 16.7 Å². The number of aromatic nitrogens is 2. The summed E-state index contributed by atoms with van der Waals surface area (Å²) in [7, 11) is 0. The lowest BCUT2D eigenvalue weighted by Gasteiger charge is -2.20. The second-order valence-electron chi connectivity index (χ2n) is 8.59. The van der Waals surface area contributed by atoms with Crippen LogP contribution in [0.25, 0.3) is 5.57 Å². The normalized spacial score (nSPS) is 13.8. The number of halogens is 1. The molecule has 3 rings (SSSR count). The Hall–Kier alpha value is -4.22. The molecule has 0 saturated heterocycles. The van der Waals surface area contributed by atoms with Crippen LogP contribution in [0, 0.1) is 5.82 Å². The van der Waals surface area contributed by atoms with Gasteiger partial charge in [-0.25, -0.2) is 19.2 Å². The van der Waals surface area contributed by atoms with Crippen LogP contribution in [0.15, 0.2) is 90.0 Å². The lowest BCUT2D eigenvalue weighted by atomic mass is 9.92. The molecule has 0 bridgehead atoms. The minimum Gasteiger partial charge on any atom is -0.450 e. The molecule has 1 atom stereocenters. The molecule has 2 N–H and O–H groups in total. The molecule has 1 heterocycles. The highest BCUT2D eigenvalue weighted by molar-refractivity contribution is 5.86. The molecule has 0 radical (unpaired) electrons. The molecule has 1 aromatic carbocycles. The molecule has 0 spiro atoms. The summed E-state index contributed by atoms with van der Waals surface area (Å²) in [5.74, 6) is 0.192. The number of carbonyl (C=O) groups is 1. The van der Waals surface area contributed by atoms with Gasteiger partial charge in [-0.3, -0.25) is 0 Å². The maximum Gasteiger partial charge on any atom is 0.407 e. The molecule has 2 aromatic rings. The number of benzene rings is 1. The van der Waals surface area contributed by atoms with Gasteiger partial charge >= 0.3 is 6.09 Å². The fourth-order valence-corrected chi connectivity index (χ4v) is 3.91. The van der Waals surface area contributed by atoms with Crippen molar-refractivity contribution in [1.29, 1.82) is 0 Å². The van der Waals surface area contributed by atoms with Gasteiger partial charge in [0.05, 0.1) is 12.3 Å². The summed E-state index contributed by atoms with van der Waals surface area (Å²) in [6.45, 7) is 12.4. The molecule has 192 valence electrons. The van der Waals surface area contributed by atoms with Crippen molar-refractivity contribution >= 4 is 17.5 Å². The number of amides is 1. The van der Waals surface area contributed by atoms with E-state index in [4.69, 9.17) is 4.74 Å². The first kappa shape index (κ1) is 27.4. The van der Waals surface area contributed by atoms with Crippen molar-refractivity contribution in [2.45, 2.75) is 40.2 Å². The van der Waals surface area contributed by atoms with Crippen LogP contribution in [0.2, 0.25) is 0 Å². The summed E-state index contributed by atoms with van der Waals surface area (Å²) < 4.78 is 19.9. The van der Waals surface area contributed by atoms with Crippen LogP contribution in [-0.2, 0) is 11.2 Å². The van der Waals surface area contributed by atoms with Crippen LogP contribution in [0.5, 0.6) is 0 Å². The minimum absolute atomic E-state index is 0.246. The average molecular weight is 501 g/mol. The van der Waals surface area contributed by atoms with E-state index in [1.807, 2.05) is 51.2 Å². The highest BCUT2D eigenvalue weighted by atomic mass is 19.1. The van der Waals surface area contributed by atoms with E-state index in [-0.39, 0.29) is 11.9 Å². The second-order valence-corrected chi connectivity index (χ2v) is 8.59. The molecule has 0 saturated carbocycles. The maximum atomic E-state index is 14.9. The SMILES string of the molecule is C=C(Cc1ncnc(NC[C@@H](C)NC(=O)OCC)c1/C(=C\C)c1ccccc1F)C1=C=C(C)C=CC=C1. The third kappa shape index (κ3) is 7.38. The molecule has 1 amide bonds. The van der Waals surface area contributed by atoms with Gasteiger partial charge in [0, 0.05) is 35.7 Å². The zero-order valence-electron chi connectivity index (χ0n) is 21.8. The Balaban J connectivity index is 2.01. The summed E-state index contributed by atoms with van der Waals surface area (Å²) in [6.07, 6.45) is 11.1. The predicted molar refractivity (Wildman–Crippen MR) is 147 cm³/mol. The fourth-order valence-electron chi connectivity index (χ4n) is 3.91. The van der Waals surface area contributed by atoms with Gasteiger partial charge < -0.3 is 15.4 Å². The number of allylic oxidation sites excluding steroid dienone is 7. The van der Waals surface area contributed by atoms with Gasteiger partial charge in [0.1, 0.15) is 18.0 Å². The molecular formula is C30H33FN4O2. The smallest absolute Gasteiger partial charge is 0.407 e. The summed E-state index contributed by atoms with van der Waals surface area (Å²) in [5.41, 5.74) is 8.54. The number of nitrogens with one attached hydrogen (secondary N) is 2. The molecule has 1 aliphatic carbocycles. The Morgan fingerprint density at radius 2 is 2.00 bits per heavy atom. The monoisotopic (exact) mass is 500 g/mol. The molecule has 1 aromatic heterocycles. The third-order valence-electron chi connectivity index (χ3n) is 5.68. The first-order chi connectivity index (χ1) is 17.8. The lowest BCUT2D eigenvalue weighted by Crippen LogP contribution is -2.38. The topological polar surface area (TPSA) is 76.1 Å². The van der Waals surface area contributed by atoms with Crippen LogP contribution in [0.3, 0.4) is 0 Å². The van der Waals surface area contributed by atoms with E-state index in [0.29, 0.717) is 47.8 Å². The molecule has 0 fully saturated rings. The van der Waals surface area contributed by atoms with Crippen molar-refractivity contribution in [3.05, 3.63) is 113 Å². The van der Waals surface area contributed by atoms with Crippen molar-refractivity contribution in [3.63, 3.8) is 0 Å². The van der Waals surface area contributed by atoms with Crippen LogP contribution in [-0.4, -0.2) is 35.3 Å². The number of alkyl carbamates (subject to hydrolysis) is 1. The number of anilines is 1. The maximum absolute atomic E-state index is 14.9. The highest BCUT2D eigenvalue weighted by Crippen LogP contribution is 2.33. The van der Waals surface area contributed by atoms with Crippen LogP contribution in [0.4, 0.5) is 15.0 Å². The summed E-state index contributed by atoms with van der Waals surface area (Å²) in [6, 6.07) is 6.38. The Bertz CT molecular complexity index is 1320. The van der Waals surface area contributed by atoms with Crippen molar-refractivity contribution < 1.29 is 13.9 Å². The Morgan fingerprint density at radius 1 is 1.24 bits per heavy atom. The number of hydrogen-bond acceptors (Lipinski definition) is 5. The highest BCUT2D eigenvalue weighted by Gasteiger charge is 2.21. The van der Waals surface area contributed by atoms with Crippen LogP contribution >= 0.6 is 0 Å². The standard InChI is InChI=1S/C30H33FN4O2/c1-6-24(25-14-10-11-15-26(25)31)28-27(17-21(4)23-13-9-8-12-20(3)16-23)33-19-34-29(28)32-18-22(5)35-30(36)37-7-2/h6,8-15,19,22H,4,7,17-18H2,1-3,5H3,(H,35,36)(H,32,33,34)/b24-6-/t22-/m1/s1. The van der Waals surface area contributed by atoms with Crippen molar-refractivity contribution in [1.82, 2.24) is 15.3 Å². The van der Waals surface area contributed by atoms with Crippen molar-refractivity contribution in [2.75, 3.05) is 18.5 Å². The fraction of sp³-hybridized carbons (Fsp3) is 0.267. The number of nitrogens with zero attached hydrogens (tertiary/aromatic N) is 2. The zero-order chi connectivity index (χ0) is 26.8. The number of carbonyl (C=O) groups excluding carboxylic acids is 1. The molecule has 0 aliphatic heterocycles. The number of rotatable bonds is 10. The molecule has 37 heavy (non-hydrogen) atoms. The van der Waals surface area contributed by atoms with E-state index in [1.165, 1.54) is 12.4 Å². The van der Waals surface area contributed by atoms with E-state index < -0.39 is 6.09 Å². The summed E-state index contributed by atoms with van der Waals surface area (Å²) in [5, 5.41) is 6.08. The summed E-state index contributed by atoms with van der Waals surface area (Å²) >= 11 is 0. The molecular weight excluding hydrogens is 467 g/mol. The van der Waals surface area contributed by atoms with Gasteiger partial charge in [0.15, 0.2) is 0 Å². The number of ether oxygens (including phenoxy) is 1. The molecule has 1 aliphatic rings. The predicted octanol–water partition coefficient (Wildman–Crippen LogP) is 6.31. The van der Waals surface area contributed by atoms with Crippen molar-refractivity contribution in [3.8, 4) is 0 Å². The quantitative estimate of drug-likeness (QED) is 0.374. The van der Waals surface area contributed by atoms with Gasteiger partial charge in [-0.05, 0) is 56.6 Å². The third-order valence-corrected chi connectivity index (χ3v) is 5.68. The molecule has 6 nitrogen and oxygen atoms in total. The van der Waals surface area contributed by atoms with Crippen LogP contribution < -0.4 is 10.6 Å². The summed E-state index contributed by atoms with van der Waals surface area (Å²) in [4.78, 5) is 20.9. The van der Waals surface area contributed by atoms with E-state index in [2.05, 4.69) is 32.9 Å². The Kier molecular flexibility index (Phi) is 9.76. The zero-order valence-corrected chi connectivity index (χ0v) is 21.8. The molecule has 7 heteroatoms. The van der Waals surface area contributed by atoms with Gasteiger partial charge in [-0.1, -0.05) is 49.1 Å². The van der Waals surface area contributed by atoms with E-state index in [9.17, 15) is 9.18 Å². The van der Waals surface area contributed by atoms with Gasteiger partial charge in [-0.2, -0.15) is 0 Å².